The van der Waals surface area contributed by atoms with Crippen molar-refractivity contribution < 1.29 is 18.1 Å². The number of rotatable bonds is 8. The van der Waals surface area contributed by atoms with Gasteiger partial charge < -0.3 is 4.90 Å². The molecule has 1 saturated heterocycles. The summed E-state index contributed by atoms with van der Waals surface area (Å²) in [7, 11) is -3.33. The van der Waals surface area contributed by atoms with Crippen LogP contribution >= 0.6 is 7.82 Å². The molecule has 0 aromatic heterocycles. The van der Waals surface area contributed by atoms with Crippen LogP contribution < -0.4 is 0 Å². The Morgan fingerprint density at radius 2 is 1.63 bits per heavy atom. The Balaban J connectivity index is 2.34. The first-order valence-electron chi connectivity index (χ1n) is 7.28. The van der Waals surface area contributed by atoms with Crippen molar-refractivity contribution in [1.82, 2.24) is 4.90 Å². The van der Waals surface area contributed by atoms with Gasteiger partial charge in [0.1, 0.15) is 0 Å². The maximum Gasteiger partial charge on any atom is 0.474 e. The van der Waals surface area contributed by atoms with E-state index in [0.29, 0.717) is 31.8 Å². The van der Waals surface area contributed by atoms with Crippen LogP contribution in [0, 0.1) is 5.92 Å². The number of hydrogen-bond donors (Lipinski definition) is 0. The van der Waals surface area contributed by atoms with Crippen LogP contribution in [-0.2, 0) is 18.1 Å². The standard InChI is InChI=1S/C13H28NO4P/c1-5-16-19(15,17-6-2)18-11-13-7-9-14(10-8-13)12(3)4/h12-13H,5-11H2,1-4H3. The molecule has 6 heteroatoms. The van der Waals surface area contributed by atoms with E-state index in [9.17, 15) is 4.57 Å². The molecule has 114 valence electrons. The van der Waals surface area contributed by atoms with E-state index in [1.54, 1.807) is 13.8 Å². The topological polar surface area (TPSA) is 48.0 Å². The van der Waals surface area contributed by atoms with Gasteiger partial charge in [0, 0.05) is 6.04 Å². The lowest BCUT2D eigenvalue weighted by atomic mass is 9.97. The lowest BCUT2D eigenvalue weighted by Gasteiger charge is -2.34. The molecule has 0 saturated carbocycles. The molecule has 1 heterocycles. The minimum absolute atomic E-state index is 0.336. The van der Waals surface area contributed by atoms with Crippen LogP contribution in [0.2, 0.25) is 0 Å². The molecule has 0 atom stereocenters. The zero-order valence-corrected chi connectivity index (χ0v) is 13.5. The van der Waals surface area contributed by atoms with Gasteiger partial charge in [0.2, 0.25) is 0 Å². The Bertz CT molecular complexity index is 280. The van der Waals surface area contributed by atoms with Gasteiger partial charge in [0.05, 0.1) is 19.8 Å². The van der Waals surface area contributed by atoms with E-state index in [2.05, 4.69) is 18.7 Å². The number of piperidine rings is 1. The third-order valence-corrected chi connectivity index (χ3v) is 5.04. The second-order valence-corrected chi connectivity index (χ2v) is 6.82. The van der Waals surface area contributed by atoms with E-state index < -0.39 is 7.82 Å². The number of nitrogens with zero attached hydrogens (tertiary/aromatic N) is 1. The summed E-state index contributed by atoms with van der Waals surface area (Å²) >= 11 is 0. The second kappa shape index (κ2) is 8.38. The fraction of sp³-hybridized carbons (Fsp3) is 1.00. The summed E-state index contributed by atoms with van der Waals surface area (Å²) < 4.78 is 27.8. The molecule has 1 fully saturated rings. The Kier molecular flexibility index (Phi) is 7.55. The molecule has 0 radical (unpaired) electrons. The molecule has 0 aliphatic carbocycles. The first-order valence-corrected chi connectivity index (χ1v) is 8.74. The van der Waals surface area contributed by atoms with E-state index in [0.717, 1.165) is 25.9 Å². The van der Waals surface area contributed by atoms with Crippen LogP contribution in [0.4, 0.5) is 0 Å². The van der Waals surface area contributed by atoms with Crippen LogP contribution in [0.25, 0.3) is 0 Å². The normalized spacial score (nSPS) is 19.2. The van der Waals surface area contributed by atoms with Crippen molar-refractivity contribution in [1.29, 1.82) is 0 Å². The first-order chi connectivity index (χ1) is 9.00. The average molecular weight is 293 g/mol. The van der Waals surface area contributed by atoms with Crippen LogP contribution in [-0.4, -0.2) is 43.9 Å². The van der Waals surface area contributed by atoms with Gasteiger partial charge in [0.15, 0.2) is 0 Å². The SMILES string of the molecule is CCOP(=O)(OCC)OCC1CCN(C(C)C)CC1. The van der Waals surface area contributed by atoms with E-state index in [1.807, 2.05) is 0 Å². The lowest BCUT2D eigenvalue weighted by molar-refractivity contribution is 0.0791. The summed E-state index contributed by atoms with van der Waals surface area (Å²) in [6.45, 7) is 11.3. The Morgan fingerprint density at radius 1 is 1.11 bits per heavy atom. The second-order valence-electron chi connectivity index (χ2n) is 5.15. The van der Waals surface area contributed by atoms with E-state index in [4.69, 9.17) is 13.6 Å². The zero-order chi connectivity index (χ0) is 14.3. The fourth-order valence-electron chi connectivity index (χ4n) is 2.26. The quantitative estimate of drug-likeness (QED) is 0.643. The molecule has 1 aliphatic heterocycles. The predicted molar refractivity (Wildman–Crippen MR) is 76.2 cm³/mol. The van der Waals surface area contributed by atoms with Gasteiger partial charge in [-0.15, -0.1) is 0 Å². The van der Waals surface area contributed by atoms with Crippen molar-refractivity contribution in [3.63, 3.8) is 0 Å². The highest BCUT2D eigenvalue weighted by Crippen LogP contribution is 2.49. The van der Waals surface area contributed by atoms with Crippen molar-refractivity contribution in [2.75, 3.05) is 32.9 Å². The lowest BCUT2D eigenvalue weighted by Crippen LogP contribution is -2.39. The van der Waals surface area contributed by atoms with Gasteiger partial charge in [0.25, 0.3) is 0 Å². The molecule has 5 nitrogen and oxygen atoms in total. The highest BCUT2D eigenvalue weighted by atomic mass is 31.2. The molecule has 0 aromatic carbocycles. The van der Waals surface area contributed by atoms with Gasteiger partial charge in [-0.3, -0.25) is 13.6 Å². The van der Waals surface area contributed by atoms with Crippen molar-refractivity contribution in [2.45, 2.75) is 46.6 Å². The molecule has 0 bridgehead atoms. The summed E-state index contributed by atoms with van der Waals surface area (Å²) in [5, 5.41) is 0. The largest absolute Gasteiger partial charge is 0.474 e. The summed E-state index contributed by atoms with van der Waals surface area (Å²) in [4.78, 5) is 2.46. The maximum atomic E-state index is 12.2. The molecule has 1 rings (SSSR count). The van der Waals surface area contributed by atoms with E-state index >= 15 is 0 Å². The van der Waals surface area contributed by atoms with Crippen molar-refractivity contribution in [2.24, 2.45) is 5.92 Å². The van der Waals surface area contributed by atoms with Gasteiger partial charge in [-0.05, 0) is 59.5 Å². The number of hydrogen-bond acceptors (Lipinski definition) is 5. The third-order valence-electron chi connectivity index (χ3n) is 3.42. The first kappa shape index (κ1) is 17.1. The molecule has 0 spiro atoms. The highest BCUT2D eigenvalue weighted by Gasteiger charge is 2.28. The molecule has 0 amide bonds. The maximum absolute atomic E-state index is 12.2. The highest BCUT2D eigenvalue weighted by molar-refractivity contribution is 7.48. The van der Waals surface area contributed by atoms with Crippen LogP contribution in [0.5, 0.6) is 0 Å². The van der Waals surface area contributed by atoms with Gasteiger partial charge in [-0.2, -0.15) is 0 Å². The van der Waals surface area contributed by atoms with Gasteiger partial charge in [-0.25, -0.2) is 4.57 Å². The van der Waals surface area contributed by atoms with E-state index in [-0.39, 0.29) is 0 Å². The van der Waals surface area contributed by atoms with E-state index in [1.165, 1.54) is 0 Å². The fourth-order valence-corrected chi connectivity index (χ4v) is 3.51. The predicted octanol–water partition coefficient (Wildman–Crippen LogP) is 3.30. The summed E-state index contributed by atoms with van der Waals surface area (Å²) in [5.41, 5.74) is 0. The molecular formula is C13H28NO4P. The number of phosphoric acid groups is 1. The Morgan fingerprint density at radius 3 is 2.05 bits per heavy atom. The van der Waals surface area contributed by atoms with Crippen LogP contribution in [0.1, 0.15) is 40.5 Å². The monoisotopic (exact) mass is 293 g/mol. The molecule has 0 unspecified atom stereocenters. The third kappa shape index (κ3) is 5.92. The smallest absolute Gasteiger partial charge is 0.301 e. The molecule has 19 heavy (non-hydrogen) atoms. The Labute approximate surface area is 117 Å². The van der Waals surface area contributed by atoms with Crippen LogP contribution in [0.15, 0.2) is 0 Å². The van der Waals surface area contributed by atoms with Gasteiger partial charge in [-0.1, -0.05) is 0 Å². The summed E-state index contributed by atoms with van der Waals surface area (Å²) in [6.07, 6.45) is 2.16. The zero-order valence-electron chi connectivity index (χ0n) is 12.6. The number of phosphoric ester groups is 1. The summed E-state index contributed by atoms with van der Waals surface area (Å²) in [6, 6.07) is 0.597. The number of likely N-dealkylation sites (tertiary alicyclic amines) is 1. The van der Waals surface area contributed by atoms with Crippen molar-refractivity contribution >= 4 is 7.82 Å². The summed E-state index contributed by atoms with van der Waals surface area (Å²) in [5.74, 6) is 0.448. The van der Waals surface area contributed by atoms with Crippen LogP contribution in [0.3, 0.4) is 0 Å². The molecule has 0 N–H and O–H groups in total. The minimum Gasteiger partial charge on any atom is -0.301 e. The van der Waals surface area contributed by atoms with Gasteiger partial charge >= 0.3 is 7.82 Å². The minimum atomic E-state index is -3.33. The molecular weight excluding hydrogens is 265 g/mol. The molecule has 0 aromatic rings. The van der Waals surface area contributed by atoms with Crippen molar-refractivity contribution in [3.8, 4) is 0 Å². The molecule has 1 aliphatic rings. The van der Waals surface area contributed by atoms with Crippen molar-refractivity contribution in [3.05, 3.63) is 0 Å². The average Bonchev–Trinajstić information content (AvgIpc) is 2.37. The Hall–Kier alpha value is 0.0700.